The number of ether oxygens (including phenoxy) is 4. The molecule has 51 heavy (non-hydrogen) atoms. The highest BCUT2D eigenvalue weighted by Crippen LogP contribution is 2.32. The van der Waals surface area contributed by atoms with E-state index in [1.54, 1.807) is 102 Å². The standard InChI is InChI=1S/C37H44N4O10/c1-23-12-14-26(18-30(23)40-32(42)48-21-28-10-8-16-46-28)38-34(44)50-36(4,5)20-25(3)37(6,7)51-35(45)39-27-15-13-24(2)31(19-27)41-33(43)49-22-29-11-9-17-47-29/h8-19,25H,20-22H2,1-7H3,(H,38,44)(H,39,45)(H,40,42)(H,41,43). The molecule has 0 aliphatic carbocycles. The summed E-state index contributed by atoms with van der Waals surface area (Å²) >= 11 is 0. The minimum absolute atomic E-state index is 0.0263. The predicted octanol–water partition coefficient (Wildman–Crippen LogP) is 9.37. The molecule has 0 spiro atoms. The van der Waals surface area contributed by atoms with Crippen LogP contribution in [0, 0.1) is 19.8 Å². The second-order valence-corrected chi connectivity index (χ2v) is 13.1. The molecule has 4 rings (SSSR count). The van der Waals surface area contributed by atoms with Gasteiger partial charge in [0.15, 0.2) is 13.2 Å². The van der Waals surface area contributed by atoms with Gasteiger partial charge in [-0.3, -0.25) is 21.3 Å². The first kappa shape index (κ1) is 37.9. The molecule has 1 atom stereocenters. The van der Waals surface area contributed by atoms with Crippen LogP contribution in [-0.4, -0.2) is 35.6 Å². The van der Waals surface area contributed by atoms with E-state index in [0.29, 0.717) is 40.7 Å². The van der Waals surface area contributed by atoms with Gasteiger partial charge < -0.3 is 27.8 Å². The van der Waals surface area contributed by atoms with E-state index < -0.39 is 35.6 Å². The van der Waals surface area contributed by atoms with Crippen LogP contribution in [0.3, 0.4) is 0 Å². The van der Waals surface area contributed by atoms with Crippen molar-refractivity contribution in [2.75, 3.05) is 21.3 Å². The number of benzene rings is 2. The van der Waals surface area contributed by atoms with Crippen LogP contribution in [0.1, 0.15) is 63.7 Å². The maximum atomic E-state index is 13.0. The lowest BCUT2D eigenvalue weighted by molar-refractivity contribution is -0.0346. The van der Waals surface area contributed by atoms with Crippen molar-refractivity contribution in [3.63, 3.8) is 0 Å². The summed E-state index contributed by atoms with van der Waals surface area (Å²) in [6.07, 6.45) is 0.566. The van der Waals surface area contributed by atoms with E-state index in [2.05, 4.69) is 21.3 Å². The van der Waals surface area contributed by atoms with Crippen LogP contribution < -0.4 is 21.3 Å². The molecular weight excluding hydrogens is 660 g/mol. The molecular formula is C37H44N4O10. The molecule has 14 nitrogen and oxygen atoms in total. The third kappa shape index (κ3) is 11.9. The second kappa shape index (κ2) is 16.7. The number of furan rings is 2. The Morgan fingerprint density at radius 2 is 1.10 bits per heavy atom. The van der Waals surface area contributed by atoms with Crippen LogP contribution in [0.2, 0.25) is 0 Å². The molecule has 272 valence electrons. The minimum atomic E-state index is -0.967. The number of rotatable bonds is 13. The van der Waals surface area contributed by atoms with Gasteiger partial charge in [-0.15, -0.1) is 0 Å². The number of amides is 4. The molecule has 14 heteroatoms. The normalized spacial score (nSPS) is 11.9. The van der Waals surface area contributed by atoms with Crippen molar-refractivity contribution in [2.24, 2.45) is 5.92 Å². The fourth-order valence-corrected chi connectivity index (χ4v) is 4.93. The van der Waals surface area contributed by atoms with Crippen molar-refractivity contribution in [1.29, 1.82) is 0 Å². The molecule has 2 heterocycles. The van der Waals surface area contributed by atoms with Crippen LogP contribution >= 0.6 is 0 Å². The minimum Gasteiger partial charge on any atom is -0.466 e. The van der Waals surface area contributed by atoms with Crippen molar-refractivity contribution in [1.82, 2.24) is 0 Å². The van der Waals surface area contributed by atoms with Crippen LogP contribution in [0.5, 0.6) is 0 Å². The molecule has 1 unspecified atom stereocenters. The number of hydrogen-bond acceptors (Lipinski definition) is 10. The molecule has 0 radical (unpaired) electrons. The molecule has 4 N–H and O–H groups in total. The molecule has 0 aliphatic heterocycles. The highest BCUT2D eigenvalue weighted by molar-refractivity contribution is 5.91. The van der Waals surface area contributed by atoms with Gasteiger partial charge >= 0.3 is 24.4 Å². The summed E-state index contributed by atoms with van der Waals surface area (Å²) in [6, 6.07) is 16.8. The SMILES string of the molecule is Cc1ccc(NC(=O)OC(C)(C)CC(C)C(C)(C)OC(=O)Nc2ccc(C)c(NC(=O)OCc3ccco3)c2)cc1NC(=O)OCc1ccco1. The first-order chi connectivity index (χ1) is 24.1. The fourth-order valence-electron chi connectivity index (χ4n) is 4.93. The molecule has 0 bridgehead atoms. The number of carbonyl (C=O) groups excluding carboxylic acids is 4. The Bertz CT molecular complexity index is 1800. The highest BCUT2D eigenvalue weighted by Gasteiger charge is 2.36. The quantitative estimate of drug-likeness (QED) is 0.0979. The van der Waals surface area contributed by atoms with E-state index >= 15 is 0 Å². The van der Waals surface area contributed by atoms with E-state index in [-0.39, 0.29) is 19.1 Å². The average Bonchev–Trinajstić information content (AvgIpc) is 3.76. The van der Waals surface area contributed by atoms with Gasteiger partial charge in [-0.25, -0.2) is 19.2 Å². The summed E-state index contributed by atoms with van der Waals surface area (Å²) in [4.78, 5) is 50.5. The topological polar surface area (TPSA) is 180 Å². The van der Waals surface area contributed by atoms with Crippen LogP contribution in [0.4, 0.5) is 41.9 Å². The Labute approximate surface area is 296 Å². The van der Waals surface area contributed by atoms with E-state index in [9.17, 15) is 19.2 Å². The van der Waals surface area contributed by atoms with Crippen molar-refractivity contribution >= 4 is 47.1 Å². The first-order valence-corrected chi connectivity index (χ1v) is 16.2. The van der Waals surface area contributed by atoms with Gasteiger partial charge in [-0.1, -0.05) is 19.1 Å². The molecule has 0 saturated carbocycles. The van der Waals surface area contributed by atoms with Crippen LogP contribution in [0.15, 0.2) is 82.0 Å². The molecule has 0 saturated heterocycles. The average molecular weight is 705 g/mol. The summed E-state index contributed by atoms with van der Waals surface area (Å²) in [7, 11) is 0. The Kier molecular flexibility index (Phi) is 12.4. The number of aryl methyl sites for hydroxylation is 2. The lowest BCUT2D eigenvalue weighted by Gasteiger charge is -2.36. The van der Waals surface area contributed by atoms with Gasteiger partial charge in [0.2, 0.25) is 0 Å². The lowest BCUT2D eigenvalue weighted by atomic mass is 9.83. The predicted molar refractivity (Wildman–Crippen MR) is 190 cm³/mol. The molecule has 4 amide bonds. The zero-order valence-electron chi connectivity index (χ0n) is 29.7. The number of anilines is 4. The maximum absolute atomic E-state index is 13.0. The summed E-state index contributed by atoms with van der Waals surface area (Å²) < 4.78 is 32.2. The van der Waals surface area contributed by atoms with E-state index in [4.69, 9.17) is 27.8 Å². The van der Waals surface area contributed by atoms with Crippen LogP contribution in [-0.2, 0) is 32.2 Å². The van der Waals surface area contributed by atoms with Gasteiger partial charge in [0, 0.05) is 22.7 Å². The summed E-state index contributed by atoms with van der Waals surface area (Å²) in [5, 5.41) is 10.7. The lowest BCUT2D eigenvalue weighted by Crippen LogP contribution is -2.42. The van der Waals surface area contributed by atoms with Crippen molar-refractivity contribution in [2.45, 2.75) is 79.3 Å². The van der Waals surface area contributed by atoms with E-state index in [0.717, 1.165) is 11.1 Å². The Morgan fingerprint density at radius 3 is 1.53 bits per heavy atom. The Hall–Kier alpha value is -5.92. The maximum Gasteiger partial charge on any atom is 0.412 e. The van der Waals surface area contributed by atoms with Crippen molar-refractivity contribution < 1.29 is 47.0 Å². The Morgan fingerprint density at radius 1 is 0.647 bits per heavy atom. The first-order valence-electron chi connectivity index (χ1n) is 16.2. The second-order valence-electron chi connectivity index (χ2n) is 13.1. The zero-order chi connectivity index (χ0) is 37.2. The van der Waals surface area contributed by atoms with E-state index in [1.165, 1.54) is 12.5 Å². The molecule has 2 aromatic heterocycles. The highest BCUT2D eigenvalue weighted by atomic mass is 16.6. The van der Waals surface area contributed by atoms with Gasteiger partial charge in [0.25, 0.3) is 0 Å². The Balaban J connectivity index is 1.26. The molecule has 2 aromatic carbocycles. The third-order valence-corrected chi connectivity index (χ3v) is 8.00. The fraction of sp³-hybridized carbons (Fsp3) is 0.351. The number of hydrogen-bond donors (Lipinski definition) is 4. The van der Waals surface area contributed by atoms with Crippen molar-refractivity contribution in [3.05, 3.63) is 95.8 Å². The zero-order valence-corrected chi connectivity index (χ0v) is 29.7. The van der Waals surface area contributed by atoms with Crippen molar-refractivity contribution in [3.8, 4) is 0 Å². The molecule has 0 aliphatic rings. The molecule has 4 aromatic rings. The molecule has 0 fully saturated rings. The third-order valence-electron chi connectivity index (χ3n) is 8.00. The summed E-state index contributed by atoms with van der Waals surface area (Å²) in [5.74, 6) is 0.751. The number of carbonyl (C=O) groups is 4. The van der Waals surface area contributed by atoms with Gasteiger partial charge in [-0.05, 0) is 114 Å². The smallest absolute Gasteiger partial charge is 0.412 e. The number of nitrogens with one attached hydrogen (secondary N) is 4. The van der Waals surface area contributed by atoms with Gasteiger partial charge in [0.1, 0.15) is 22.7 Å². The van der Waals surface area contributed by atoms with Gasteiger partial charge in [0.05, 0.1) is 12.5 Å². The largest absolute Gasteiger partial charge is 0.466 e. The van der Waals surface area contributed by atoms with Gasteiger partial charge in [-0.2, -0.15) is 0 Å². The summed E-state index contributed by atoms with van der Waals surface area (Å²) in [6.45, 7) is 12.5. The monoisotopic (exact) mass is 704 g/mol. The summed E-state index contributed by atoms with van der Waals surface area (Å²) in [5.41, 5.74) is 1.28. The van der Waals surface area contributed by atoms with E-state index in [1.807, 2.05) is 6.92 Å². The van der Waals surface area contributed by atoms with Crippen LogP contribution in [0.25, 0.3) is 0 Å².